The van der Waals surface area contributed by atoms with Crippen LogP contribution < -0.4 is 5.32 Å². The van der Waals surface area contributed by atoms with Crippen LogP contribution in [0.25, 0.3) is 0 Å². The molecule has 0 bridgehead atoms. The Hall–Kier alpha value is -2.69. The quantitative estimate of drug-likeness (QED) is 0.772. The molecule has 0 unspecified atom stereocenters. The molecule has 0 radical (unpaired) electrons. The summed E-state index contributed by atoms with van der Waals surface area (Å²) in [5, 5.41) is 2.85. The van der Waals surface area contributed by atoms with E-state index >= 15 is 0 Å². The summed E-state index contributed by atoms with van der Waals surface area (Å²) in [7, 11) is 0. The Balaban J connectivity index is 2.20. The number of carbonyl (C=O) groups is 2. The van der Waals surface area contributed by atoms with Gasteiger partial charge >= 0.3 is 0 Å². The van der Waals surface area contributed by atoms with Gasteiger partial charge in [0, 0.05) is 13.1 Å². The maximum Gasteiger partial charge on any atom is 0.242 e. The smallest absolute Gasteiger partial charge is 0.242 e. The molecule has 5 heteroatoms. The van der Waals surface area contributed by atoms with Crippen LogP contribution in [0, 0.1) is 12.7 Å². The number of benzene rings is 2. The SMILES string of the molecule is CCCNC(=O)[C@@H](C)N(Cc1cccc(C)c1)C(=O)Cc1ccc(F)cc1. The van der Waals surface area contributed by atoms with Crippen molar-refractivity contribution in [3.05, 3.63) is 71.0 Å². The van der Waals surface area contributed by atoms with Gasteiger partial charge < -0.3 is 10.2 Å². The first-order chi connectivity index (χ1) is 12.9. The second-order valence-electron chi connectivity index (χ2n) is 6.78. The molecule has 0 heterocycles. The van der Waals surface area contributed by atoms with Crippen molar-refractivity contribution in [1.82, 2.24) is 10.2 Å². The highest BCUT2D eigenvalue weighted by molar-refractivity contribution is 5.88. The predicted molar refractivity (Wildman–Crippen MR) is 105 cm³/mol. The third-order valence-electron chi connectivity index (χ3n) is 4.42. The fourth-order valence-electron chi connectivity index (χ4n) is 2.86. The van der Waals surface area contributed by atoms with Crippen molar-refractivity contribution >= 4 is 11.8 Å². The lowest BCUT2D eigenvalue weighted by Crippen LogP contribution is -2.48. The molecule has 2 amide bonds. The lowest BCUT2D eigenvalue weighted by atomic mass is 10.1. The number of carbonyl (C=O) groups excluding carboxylic acids is 2. The zero-order valence-electron chi connectivity index (χ0n) is 16.2. The van der Waals surface area contributed by atoms with Gasteiger partial charge in [-0.25, -0.2) is 4.39 Å². The monoisotopic (exact) mass is 370 g/mol. The lowest BCUT2D eigenvalue weighted by molar-refractivity contribution is -0.140. The maximum atomic E-state index is 13.1. The molecular weight excluding hydrogens is 343 g/mol. The fourth-order valence-corrected chi connectivity index (χ4v) is 2.86. The fraction of sp³-hybridized carbons (Fsp3) is 0.364. The number of hydrogen-bond acceptors (Lipinski definition) is 2. The largest absolute Gasteiger partial charge is 0.354 e. The van der Waals surface area contributed by atoms with E-state index in [2.05, 4.69) is 5.32 Å². The third-order valence-corrected chi connectivity index (χ3v) is 4.42. The highest BCUT2D eigenvalue weighted by Gasteiger charge is 2.26. The van der Waals surface area contributed by atoms with E-state index < -0.39 is 6.04 Å². The van der Waals surface area contributed by atoms with Crippen LogP contribution in [0.5, 0.6) is 0 Å². The molecule has 0 saturated heterocycles. The first kappa shape index (κ1) is 20.6. The van der Waals surface area contributed by atoms with Gasteiger partial charge in [-0.05, 0) is 43.5 Å². The predicted octanol–water partition coefficient (Wildman–Crippen LogP) is 3.62. The standard InChI is InChI=1S/C22H27FN2O2/c1-4-12-24-22(27)17(3)25(15-19-7-5-6-16(2)13-19)21(26)14-18-8-10-20(23)11-9-18/h5-11,13,17H,4,12,14-15H2,1-3H3,(H,24,27)/t17-/m1/s1. The average Bonchev–Trinajstić information content (AvgIpc) is 2.65. The second kappa shape index (κ2) is 9.86. The van der Waals surface area contributed by atoms with Crippen molar-refractivity contribution in [2.45, 2.75) is 46.2 Å². The van der Waals surface area contributed by atoms with E-state index in [0.717, 1.165) is 23.1 Å². The zero-order chi connectivity index (χ0) is 19.8. The number of aryl methyl sites for hydroxylation is 1. The summed E-state index contributed by atoms with van der Waals surface area (Å²) < 4.78 is 13.1. The summed E-state index contributed by atoms with van der Waals surface area (Å²) in [6.07, 6.45) is 0.956. The number of rotatable bonds is 8. The minimum absolute atomic E-state index is 0.123. The van der Waals surface area contributed by atoms with Crippen LogP contribution in [0.15, 0.2) is 48.5 Å². The Bertz CT molecular complexity index is 774. The molecule has 1 N–H and O–H groups in total. The number of amides is 2. The van der Waals surface area contributed by atoms with Gasteiger partial charge in [-0.3, -0.25) is 9.59 Å². The van der Waals surface area contributed by atoms with Gasteiger partial charge in [0.25, 0.3) is 0 Å². The molecule has 0 spiro atoms. The van der Waals surface area contributed by atoms with Crippen LogP contribution >= 0.6 is 0 Å². The third kappa shape index (κ3) is 6.20. The number of nitrogens with one attached hydrogen (secondary N) is 1. The normalized spacial score (nSPS) is 11.7. The van der Waals surface area contributed by atoms with Crippen LogP contribution in [0.3, 0.4) is 0 Å². The highest BCUT2D eigenvalue weighted by atomic mass is 19.1. The summed E-state index contributed by atoms with van der Waals surface area (Å²) in [6.45, 7) is 6.64. The van der Waals surface area contributed by atoms with E-state index in [1.165, 1.54) is 12.1 Å². The summed E-state index contributed by atoms with van der Waals surface area (Å²) in [5.41, 5.74) is 2.79. The van der Waals surface area contributed by atoms with Gasteiger partial charge in [0.2, 0.25) is 11.8 Å². The molecule has 27 heavy (non-hydrogen) atoms. The van der Waals surface area contributed by atoms with Gasteiger partial charge in [-0.1, -0.05) is 48.9 Å². The van der Waals surface area contributed by atoms with Gasteiger partial charge in [0.1, 0.15) is 11.9 Å². The van der Waals surface area contributed by atoms with E-state index in [1.54, 1.807) is 24.0 Å². The minimum atomic E-state index is -0.593. The van der Waals surface area contributed by atoms with Crippen molar-refractivity contribution in [2.24, 2.45) is 0 Å². The molecule has 2 aromatic carbocycles. The number of hydrogen-bond donors (Lipinski definition) is 1. The molecule has 0 aliphatic carbocycles. The molecule has 2 rings (SSSR count). The van der Waals surface area contributed by atoms with E-state index in [4.69, 9.17) is 0 Å². The molecule has 144 valence electrons. The van der Waals surface area contributed by atoms with E-state index in [0.29, 0.717) is 13.1 Å². The second-order valence-corrected chi connectivity index (χ2v) is 6.78. The summed E-state index contributed by atoms with van der Waals surface area (Å²) in [4.78, 5) is 27.0. The van der Waals surface area contributed by atoms with Crippen molar-refractivity contribution in [2.75, 3.05) is 6.54 Å². The molecule has 1 atom stereocenters. The molecule has 0 fully saturated rings. The van der Waals surface area contributed by atoms with E-state index in [9.17, 15) is 14.0 Å². The van der Waals surface area contributed by atoms with Gasteiger partial charge in [0.05, 0.1) is 6.42 Å². The Morgan fingerprint density at radius 2 is 1.81 bits per heavy atom. The first-order valence-corrected chi connectivity index (χ1v) is 9.28. The van der Waals surface area contributed by atoms with Crippen LogP contribution in [0.1, 0.15) is 37.0 Å². The number of halogens is 1. The van der Waals surface area contributed by atoms with Crippen LogP contribution in [0.4, 0.5) is 4.39 Å². The topological polar surface area (TPSA) is 49.4 Å². The minimum Gasteiger partial charge on any atom is -0.354 e. The van der Waals surface area contributed by atoms with Gasteiger partial charge in [-0.15, -0.1) is 0 Å². The zero-order valence-corrected chi connectivity index (χ0v) is 16.2. The highest BCUT2D eigenvalue weighted by Crippen LogP contribution is 2.14. The average molecular weight is 370 g/mol. The summed E-state index contributed by atoms with van der Waals surface area (Å²) in [5.74, 6) is -0.672. The number of nitrogens with zero attached hydrogens (tertiary/aromatic N) is 1. The van der Waals surface area contributed by atoms with Gasteiger partial charge in [-0.2, -0.15) is 0 Å². The van der Waals surface area contributed by atoms with Crippen LogP contribution in [-0.2, 0) is 22.6 Å². The summed E-state index contributed by atoms with van der Waals surface area (Å²) >= 11 is 0. The van der Waals surface area contributed by atoms with Crippen molar-refractivity contribution in [1.29, 1.82) is 0 Å². The van der Waals surface area contributed by atoms with Crippen molar-refractivity contribution in [3.8, 4) is 0 Å². The molecule has 0 aliphatic heterocycles. The lowest BCUT2D eigenvalue weighted by Gasteiger charge is -2.29. The van der Waals surface area contributed by atoms with E-state index in [-0.39, 0.29) is 24.1 Å². The Morgan fingerprint density at radius 1 is 1.11 bits per heavy atom. The van der Waals surface area contributed by atoms with Crippen LogP contribution in [0.2, 0.25) is 0 Å². The Labute approximate surface area is 160 Å². The molecular formula is C22H27FN2O2. The van der Waals surface area contributed by atoms with E-state index in [1.807, 2.05) is 38.1 Å². The molecule has 0 aliphatic rings. The summed E-state index contributed by atoms with van der Waals surface area (Å²) in [6, 6.07) is 13.2. The molecule has 2 aromatic rings. The maximum absolute atomic E-state index is 13.1. The van der Waals surface area contributed by atoms with Crippen molar-refractivity contribution in [3.63, 3.8) is 0 Å². The van der Waals surface area contributed by atoms with Crippen LogP contribution in [-0.4, -0.2) is 29.3 Å². The first-order valence-electron chi connectivity index (χ1n) is 9.28. The Kier molecular flexibility index (Phi) is 7.53. The molecule has 4 nitrogen and oxygen atoms in total. The molecule has 0 aromatic heterocycles. The Morgan fingerprint density at radius 3 is 2.44 bits per heavy atom. The van der Waals surface area contributed by atoms with Gasteiger partial charge in [0.15, 0.2) is 0 Å². The molecule has 0 saturated carbocycles. The van der Waals surface area contributed by atoms with Crippen molar-refractivity contribution < 1.29 is 14.0 Å².